The van der Waals surface area contributed by atoms with Gasteiger partial charge in [-0.25, -0.2) is 0 Å². The summed E-state index contributed by atoms with van der Waals surface area (Å²) in [5.41, 5.74) is 1.00. The SMILES string of the molecule is C[C@H](C(=O)NCc1ccccc1)[S@](=O)CCO. The quantitative estimate of drug-likeness (QED) is 0.775. The Hall–Kier alpha value is -1.20. The first-order valence-electron chi connectivity index (χ1n) is 5.45. The number of carbonyl (C=O) groups is 1. The first kappa shape index (κ1) is 13.9. The smallest absolute Gasteiger partial charge is 0.235 e. The Kier molecular flexibility index (Phi) is 5.86. The molecule has 0 aromatic heterocycles. The van der Waals surface area contributed by atoms with E-state index in [4.69, 9.17) is 5.11 Å². The molecule has 4 nitrogen and oxygen atoms in total. The molecule has 1 aromatic carbocycles. The van der Waals surface area contributed by atoms with Gasteiger partial charge in [0.05, 0.1) is 6.61 Å². The van der Waals surface area contributed by atoms with Gasteiger partial charge in [0.15, 0.2) is 0 Å². The van der Waals surface area contributed by atoms with Crippen LogP contribution < -0.4 is 5.32 Å². The van der Waals surface area contributed by atoms with Crippen LogP contribution in [-0.4, -0.2) is 32.8 Å². The maximum absolute atomic E-state index is 11.6. The van der Waals surface area contributed by atoms with Gasteiger partial charge in [-0.2, -0.15) is 0 Å². The van der Waals surface area contributed by atoms with Crippen molar-refractivity contribution in [2.24, 2.45) is 0 Å². The van der Waals surface area contributed by atoms with E-state index in [0.29, 0.717) is 6.54 Å². The van der Waals surface area contributed by atoms with Crippen LogP contribution in [0.15, 0.2) is 30.3 Å². The van der Waals surface area contributed by atoms with Crippen molar-refractivity contribution in [3.63, 3.8) is 0 Å². The van der Waals surface area contributed by atoms with Crippen molar-refractivity contribution >= 4 is 16.7 Å². The van der Waals surface area contributed by atoms with Gasteiger partial charge in [-0.1, -0.05) is 30.3 Å². The van der Waals surface area contributed by atoms with Gasteiger partial charge in [0.2, 0.25) is 5.91 Å². The fraction of sp³-hybridized carbons (Fsp3) is 0.417. The molecule has 0 fully saturated rings. The molecule has 0 saturated carbocycles. The van der Waals surface area contributed by atoms with E-state index in [1.54, 1.807) is 6.92 Å². The molecule has 2 N–H and O–H groups in total. The van der Waals surface area contributed by atoms with Crippen LogP contribution in [0.25, 0.3) is 0 Å². The predicted octanol–water partition coefficient (Wildman–Crippen LogP) is 0.432. The Morgan fingerprint density at radius 1 is 1.41 bits per heavy atom. The van der Waals surface area contributed by atoms with Gasteiger partial charge in [0.25, 0.3) is 0 Å². The topological polar surface area (TPSA) is 66.4 Å². The number of hydrogen-bond donors (Lipinski definition) is 2. The van der Waals surface area contributed by atoms with Crippen molar-refractivity contribution in [1.82, 2.24) is 5.32 Å². The molecule has 0 aliphatic rings. The zero-order valence-corrected chi connectivity index (χ0v) is 10.6. The van der Waals surface area contributed by atoms with E-state index in [2.05, 4.69) is 5.32 Å². The fourth-order valence-electron chi connectivity index (χ4n) is 1.31. The molecule has 0 aliphatic heterocycles. The second-order valence-corrected chi connectivity index (χ2v) is 5.53. The van der Waals surface area contributed by atoms with Gasteiger partial charge in [-0.05, 0) is 12.5 Å². The van der Waals surface area contributed by atoms with E-state index in [9.17, 15) is 9.00 Å². The molecule has 94 valence electrons. The number of hydrogen-bond acceptors (Lipinski definition) is 3. The van der Waals surface area contributed by atoms with Gasteiger partial charge < -0.3 is 10.4 Å². The average molecular weight is 255 g/mol. The summed E-state index contributed by atoms with van der Waals surface area (Å²) >= 11 is 0. The second-order valence-electron chi connectivity index (χ2n) is 3.65. The van der Waals surface area contributed by atoms with Crippen molar-refractivity contribution in [1.29, 1.82) is 0 Å². The molecule has 0 bridgehead atoms. The predicted molar refractivity (Wildman–Crippen MR) is 67.8 cm³/mol. The van der Waals surface area contributed by atoms with Crippen LogP contribution in [0.4, 0.5) is 0 Å². The van der Waals surface area contributed by atoms with E-state index < -0.39 is 16.0 Å². The Labute approximate surface area is 104 Å². The van der Waals surface area contributed by atoms with Gasteiger partial charge in [0.1, 0.15) is 5.25 Å². The lowest BCUT2D eigenvalue weighted by molar-refractivity contribution is -0.120. The van der Waals surface area contributed by atoms with Gasteiger partial charge in [-0.15, -0.1) is 0 Å². The largest absolute Gasteiger partial charge is 0.395 e. The van der Waals surface area contributed by atoms with Gasteiger partial charge >= 0.3 is 0 Å². The highest BCUT2D eigenvalue weighted by Gasteiger charge is 2.18. The van der Waals surface area contributed by atoms with E-state index in [1.165, 1.54) is 0 Å². The first-order valence-corrected chi connectivity index (χ1v) is 6.83. The van der Waals surface area contributed by atoms with Gasteiger partial charge in [-0.3, -0.25) is 9.00 Å². The Bertz CT molecular complexity index is 381. The third kappa shape index (κ3) is 4.66. The number of rotatable bonds is 6. The Morgan fingerprint density at radius 3 is 2.65 bits per heavy atom. The van der Waals surface area contributed by atoms with Crippen LogP contribution in [0.2, 0.25) is 0 Å². The highest BCUT2D eigenvalue weighted by Crippen LogP contribution is 2.00. The standard InChI is InChI=1S/C12H17NO3S/c1-10(17(16)8-7-14)12(15)13-9-11-5-3-2-4-6-11/h2-6,10,14H,7-9H2,1H3,(H,13,15)/t10-,17-/m1/s1. The Balaban J connectivity index is 2.42. The molecule has 0 unspecified atom stereocenters. The van der Waals surface area contributed by atoms with E-state index in [-0.39, 0.29) is 18.3 Å². The van der Waals surface area contributed by atoms with E-state index >= 15 is 0 Å². The summed E-state index contributed by atoms with van der Waals surface area (Å²) in [4.78, 5) is 11.6. The van der Waals surface area contributed by atoms with Crippen molar-refractivity contribution in [3.8, 4) is 0 Å². The molecular weight excluding hydrogens is 238 g/mol. The van der Waals surface area contributed by atoms with Crippen LogP contribution >= 0.6 is 0 Å². The van der Waals surface area contributed by atoms with Crippen LogP contribution in [0.1, 0.15) is 12.5 Å². The molecule has 5 heteroatoms. The molecule has 0 heterocycles. The summed E-state index contributed by atoms with van der Waals surface area (Å²) < 4.78 is 11.5. The minimum absolute atomic E-state index is 0.139. The molecular formula is C12H17NO3S. The number of amides is 1. The average Bonchev–Trinajstić information content (AvgIpc) is 2.36. The normalized spacial score (nSPS) is 14.0. The molecule has 1 rings (SSSR count). The van der Waals surface area contributed by atoms with Crippen LogP contribution in [0, 0.1) is 0 Å². The lowest BCUT2D eigenvalue weighted by atomic mass is 10.2. The number of aliphatic hydroxyl groups excluding tert-OH is 1. The summed E-state index contributed by atoms with van der Waals surface area (Å²) in [5, 5.41) is 10.8. The molecule has 1 amide bonds. The molecule has 2 atom stereocenters. The minimum Gasteiger partial charge on any atom is -0.395 e. The summed E-state index contributed by atoms with van der Waals surface area (Å²) in [5.74, 6) is -0.111. The molecule has 0 radical (unpaired) electrons. The zero-order chi connectivity index (χ0) is 12.7. The molecule has 0 saturated heterocycles. The van der Waals surface area contributed by atoms with Crippen LogP contribution in [0.3, 0.4) is 0 Å². The van der Waals surface area contributed by atoms with Crippen molar-refractivity contribution in [2.45, 2.75) is 18.7 Å². The van der Waals surface area contributed by atoms with Crippen LogP contribution in [0.5, 0.6) is 0 Å². The first-order chi connectivity index (χ1) is 8.15. The summed E-state index contributed by atoms with van der Waals surface area (Å²) in [6.45, 7) is 1.87. The number of nitrogens with one attached hydrogen (secondary N) is 1. The second kappa shape index (κ2) is 7.19. The highest BCUT2D eigenvalue weighted by molar-refractivity contribution is 7.86. The maximum Gasteiger partial charge on any atom is 0.235 e. The Morgan fingerprint density at radius 2 is 2.06 bits per heavy atom. The number of aliphatic hydroxyl groups is 1. The van der Waals surface area contributed by atoms with E-state index in [1.807, 2.05) is 30.3 Å². The lowest BCUT2D eigenvalue weighted by Crippen LogP contribution is -2.36. The molecule has 1 aromatic rings. The molecule has 0 spiro atoms. The van der Waals surface area contributed by atoms with Gasteiger partial charge in [0, 0.05) is 23.1 Å². The third-order valence-electron chi connectivity index (χ3n) is 2.37. The highest BCUT2D eigenvalue weighted by atomic mass is 32.2. The maximum atomic E-state index is 11.6. The number of benzene rings is 1. The van der Waals surface area contributed by atoms with Crippen molar-refractivity contribution in [2.75, 3.05) is 12.4 Å². The molecule has 17 heavy (non-hydrogen) atoms. The summed E-state index contributed by atoms with van der Waals surface area (Å²) in [7, 11) is -1.31. The molecule has 0 aliphatic carbocycles. The third-order valence-corrected chi connectivity index (χ3v) is 3.95. The van der Waals surface area contributed by atoms with Crippen molar-refractivity contribution < 1.29 is 14.1 Å². The van der Waals surface area contributed by atoms with Crippen molar-refractivity contribution in [3.05, 3.63) is 35.9 Å². The summed E-state index contributed by atoms with van der Waals surface area (Å²) in [6, 6.07) is 9.53. The number of carbonyl (C=O) groups excluding carboxylic acids is 1. The zero-order valence-electron chi connectivity index (χ0n) is 9.76. The van der Waals surface area contributed by atoms with E-state index in [0.717, 1.165) is 5.56 Å². The lowest BCUT2D eigenvalue weighted by Gasteiger charge is -2.11. The fourth-order valence-corrected chi connectivity index (χ4v) is 2.17. The van der Waals surface area contributed by atoms with Crippen LogP contribution in [-0.2, 0) is 22.1 Å². The minimum atomic E-state index is -1.31. The summed E-state index contributed by atoms with van der Waals surface area (Å²) in [6.07, 6.45) is 0. The monoisotopic (exact) mass is 255 g/mol.